The number of carboxylic acids is 1. The quantitative estimate of drug-likeness (QED) is 0.0323. The fourth-order valence-electron chi connectivity index (χ4n) is 8.65. The number of aliphatic carboxylic acids is 1. The number of allylic oxidation sites excluding steroid dienone is 14. The normalized spacial score (nSPS) is 29.4. The first kappa shape index (κ1) is 48.7. The zero-order valence-electron chi connectivity index (χ0n) is 36.6. The predicted octanol–water partition coefficient (Wildman–Crippen LogP) is 8.04. The summed E-state index contributed by atoms with van der Waals surface area (Å²) in [5.74, 6) is -3.00. The Kier molecular flexibility index (Phi) is 15.8. The first-order valence-corrected chi connectivity index (χ1v) is 20.1. The summed E-state index contributed by atoms with van der Waals surface area (Å²) in [7, 11) is 0. The van der Waals surface area contributed by atoms with Gasteiger partial charge >= 0.3 is 17.9 Å². The molecule has 1 heterocycles. The number of carboxylic acid groups (broad SMARTS) is 1. The molecule has 2 aliphatic carbocycles. The lowest BCUT2D eigenvalue weighted by Gasteiger charge is -2.44. The molecule has 1 aliphatic heterocycles. The molecule has 11 heteroatoms. The summed E-state index contributed by atoms with van der Waals surface area (Å²) in [5.41, 5.74) is 1.57. The third-order valence-electron chi connectivity index (χ3n) is 11.7. The summed E-state index contributed by atoms with van der Waals surface area (Å²) in [6, 6.07) is 0. The van der Waals surface area contributed by atoms with Gasteiger partial charge in [-0.25, -0.2) is 4.79 Å². The van der Waals surface area contributed by atoms with Gasteiger partial charge < -0.3 is 34.3 Å². The van der Waals surface area contributed by atoms with Crippen LogP contribution in [0.2, 0.25) is 0 Å². The van der Waals surface area contributed by atoms with Gasteiger partial charge in [0.25, 0.3) is 0 Å². The number of aldehydes is 1. The molecule has 6 atom stereocenters. The Labute approximate surface area is 349 Å². The first-order chi connectivity index (χ1) is 27.2. The second kappa shape index (κ2) is 19.1. The molecule has 0 aromatic carbocycles. The maximum absolute atomic E-state index is 13.4. The van der Waals surface area contributed by atoms with Crippen LogP contribution in [-0.2, 0) is 38.2 Å². The van der Waals surface area contributed by atoms with Crippen molar-refractivity contribution in [2.24, 2.45) is 10.8 Å². The highest BCUT2D eigenvalue weighted by atomic mass is 16.6. The first-order valence-electron chi connectivity index (χ1n) is 20.1. The lowest BCUT2D eigenvalue weighted by Crippen LogP contribution is -2.50. The van der Waals surface area contributed by atoms with Gasteiger partial charge in [-0.15, -0.1) is 5.73 Å². The van der Waals surface area contributed by atoms with Gasteiger partial charge in [0.2, 0.25) is 0 Å². The summed E-state index contributed by atoms with van der Waals surface area (Å²) < 4.78 is 17.3. The SMILES string of the molecule is CC(=O)OC1CC(C)(C)C(=C=C/C(C)=C/C=C/C(C)=C/C=C/C=C(C)/C=C/C=C(\C)C(=O)CC23OC2(C)CC(OC(=O)CC(O)(CC=O)C(=O)O)CC3(C)C)[C@](C)(O)C1. The fourth-order valence-corrected chi connectivity index (χ4v) is 8.65. The van der Waals surface area contributed by atoms with Crippen molar-refractivity contribution in [2.45, 2.75) is 156 Å². The van der Waals surface area contributed by atoms with Crippen molar-refractivity contribution in [2.75, 3.05) is 0 Å². The Morgan fingerprint density at radius 3 is 1.88 bits per heavy atom. The van der Waals surface area contributed by atoms with Crippen molar-refractivity contribution >= 4 is 30.0 Å². The van der Waals surface area contributed by atoms with E-state index >= 15 is 0 Å². The fraction of sp³-hybridized carbons (Fsp3) is 0.542. The molecule has 0 amide bonds. The molecule has 3 N–H and O–H groups in total. The van der Waals surface area contributed by atoms with Crippen molar-refractivity contribution in [3.8, 4) is 0 Å². The molecule has 11 nitrogen and oxygen atoms in total. The third kappa shape index (κ3) is 12.7. The van der Waals surface area contributed by atoms with E-state index in [-0.39, 0.29) is 36.0 Å². The van der Waals surface area contributed by atoms with Crippen LogP contribution in [0.4, 0.5) is 0 Å². The number of Topliss-reactive ketones (excluding diaryl/α,β-unsaturated/α-hetero) is 1. The highest BCUT2D eigenvalue weighted by Crippen LogP contribution is 2.67. The van der Waals surface area contributed by atoms with E-state index in [1.807, 2.05) is 116 Å². The molecular weight excluding hydrogens is 753 g/mol. The van der Waals surface area contributed by atoms with E-state index in [0.29, 0.717) is 31.3 Å². The minimum absolute atomic E-state index is 0.0624. The topological polar surface area (TPSA) is 177 Å². The summed E-state index contributed by atoms with van der Waals surface area (Å²) >= 11 is 0. The van der Waals surface area contributed by atoms with E-state index in [9.17, 15) is 39.3 Å². The number of carbonyl (C=O) groups is 5. The van der Waals surface area contributed by atoms with Crippen LogP contribution in [0.3, 0.4) is 0 Å². The number of fused-ring (bicyclic) bond motifs is 1. The van der Waals surface area contributed by atoms with E-state index in [1.54, 1.807) is 19.9 Å². The van der Waals surface area contributed by atoms with Crippen LogP contribution in [0.25, 0.3) is 0 Å². The van der Waals surface area contributed by atoms with Crippen molar-refractivity contribution in [3.63, 3.8) is 0 Å². The number of carbonyl (C=O) groups excluding carboxylic acids is 4. The molecule has 2 saturated carbocycles. The Bertz CT molecular complexity index is 1920. The van der Waals surface area contributed by atoms with Crippen molar-refractivity contribution in [1.82, 2.24) is 0 Å². The number of ketones is 1. The number of esters is 2. The highest BCUT2D eigenvalue weighted by molar-refractivity contribution is 5.96. The average Bonchev–Trinajstić information content (AvgIpc) is 3.69. The number of hydrogen-bond donors (Lipinski definition) is 3. The lowest BCUT2D eigenvalue weighted by molar-refractivity contribution is -0.172. The van der Waals surface area contributed by atoms with Crippen LogP contribution in [-0.4, -0.2) is 79.9 Å². The Balaban J connectivity index is 1.54. The maximum atomic E-state index is 13.4. The molecule has 3 aliphatic rings. The minimum atomic E-state index is -2.53. The van der Waals surface area contributed by atoms with Gasteiger partial charge in [0.15, 0.2) is 11.4 Å². The molecule has 59 heavy (non-hydrogen) atoms. The van der Waals surface area contributed by atoms with Gasteiger partial charge in [-0.3, -0.25) is 14.4 Å². The lowest BCUT2D eigenvalue weighted by atomic mass is 9.61. The van der Waals surface area contributed by atoms with Gasteiger partial charge in [0.05, 0.1) is 17.6 Å². The minimum Gasteiger partial charge on any atom is -0.479 e. The van der Waals surface area contributed by atoms with Crippen LogP contribution >= 0.6 is 0 Å². The number of epoxide rings is 1. The largest absolute Gasteiger partial charge is 0.479 e. The van der Waals surface area contributed by atoms with E-state index in [4.69, 9.17) is 14.2 Å². The van der Waals surface area contributed by atoms with Crippen LogP contribution in [0.1, 0.15) is 121 Å². The smallest absolute Gasteiger partial charge is 0.336 e. The molecule has 322 valence electrons. The molecule has 0 aromatic rings. The zero-order valence-corrected chi connectivity index (χ0v) is 36.6. The molecule has 3 rings (SSSR count). The summed E-state index contributed by atoms with van der Waals surface area (Å²) in [5, 5.41) is 30.7. The van der Waals surface area contributed by atoms with Gasteiger partial charge in [-0.1, -0.05) is 99.6 Å². The zero-order chi connectivity index (χ0) is 44.6. The molecule has 0 spiro atoms. The molecule has 0 aromatic heterocycles. The Morgan fingerprint density at radius 2 is 1.36 bits per heavy atom. The Hall–Kier alpha value is -4.67. The maximum Gasteiger partial charge on any atom is 0.336 e. The number of hydrogen-bond acceptors (Lipinski definition) is 10. The molecule has 3 fully saturated rings. The van der Waals surface area contributed by atoms with Crippen molar-refractivity contribution in [3.05, 3.63) is 100 Å². The second-order valence-corrected chi connectivity index (χ2v) is 18.2. The number of ether oxygens (including phenoxy) is 3. The van der Waals surface area contributed by atoms with Gasteiger partial charge in [0.1, 0.15) is 24.1 Å². The molecular formula is C48H64O11. The number of aliphatic hydroxyl groups is 2. The summed E-state index contributed by atoms with van der Waals surface area (Å²) in [4.78, 5) is 59.8. The molecule has 0 bridgehead atoms. The standard InChI is InChI=1S/C48H64O11/c1-32(18-14-19-34(3)22-23-40-43(6,7)26-37(57-36(5)50)28-45(40,10)55)16-12-13-17-33(2)20-15-21-35(4)39(51)30-48-44(8,9)27-38(29-46(48,11)59-48)58-41(52)31-47(56,24-25-49)42(53)54/h12-22,25,37-38,55-56H,24,26-31H2,1-11H3,(H,53,54)/b13-12+,18-14+,20-15+,32-16+,33-17+,34-19+,35-21+/t23?,37?,38?,45-,46?,47?,48?/m1/s1. The van der Waals surface area contributed by atoms with Crippen molar-refractivity contribution < 1.29 is 53.5 Å². The van der Waals surface area contributed by atoms with E-state index in [1.165, 1.54) is 6.92 Å². The Morgan fingerprint density at radius 1 is 0.797 bits per heavy atom. The third-order valence-corrected chi connectivity index (χ3v) is 11.7. The van der Waals surface area contributed by atoms with E-state index in [0.717, 1.165) is 22.3 Å². The van der Waals surface area contributed by atoms with Crippen molar-refractivity contribution in [1.29, 1.82) is 0 Å². The predicted molar refractivity (Wildman–Crippen MR) is 226 cm³/mol. The molecule has 1 saturated heterocycles. The van der Waals surface area contributed by atoms with Crippen LogP contribution in [0.5, 0.6) is 0 Å². The number of rotatable bonds is 17. The second-order valence-electron chi connectivity index (χ2n) is 18.2. The van der Waals surface area contributed by atoms with Crippen LogP contribution < -0.4 is 0 Å². The highest BCUT2D eigenvalue weighted by Gasteiger charge is 2.76. The molecule has 0 radical (unpaired) electrons. The van der Waals surface area contributed by atoms with Gasteiger partial charge in [-0.05, 0) is 77.0 Å². The summed E-state index contributed by atoms with van der Waals surface area (Å²) in [6.07, 6.45) is 20.7. The van der Waals surface area contributed by atoms with Crippen LogP contribution in [0, 0.1) is 10.8 Å². The monoisotopic (exact) mass is 816 g/mol. The molecule has 5 unspecified atom stereocenters. The van der Waals surface area contributed by atoms with E-state index in [2.05, 4.69) is 5.73 Å². The summed E-state index contributed by atoms with van der Waals surface area (Å²) in [6.45, 7) is 20.7. The van der Waals surface area contributed by atoms with Gasteiger partial charge in [0, 0.05) is 43.6 Å². The van der Waals surface area contributed by atoms with Gasteiger partial charge in [-0.2, -0.15) is 0 Å². The van der Waals surface area contributed by atoms with Crippen LogP contribution in [0.15, 0.2) is 100 Å². The van der Waals surface area contributed by atoms with E-state index < -0.39 is 58.7 Å². The average molecular weight is 817 g/mol.